The van der Waals surface area contributed by atoms with Crippen molar-refractivity contribution >= 4 is 65.0 Å². The number of aryl methyl sites for hydroxylation is 1. The van der Waals surface area contributed by atoms with Gasteiger partial charge in [-0.05, 0) is 48.9 Å². The van der Waals surface area contributed by atoms with Crippen LogP contribution in [-0.4, -0.2) is 25.3 Å². The number of hydrogen-bond acceptors (Lipinski definition) is 5. The van der Waals surface area contributed by atoms with Gasteiger partial charge in [0.05, 0.1) is 16.8 Å². The lowest BCUT2D eigenvalue weighted by Crippen LogP contribution is -2.36. The standard InChI is InChI=1S/C33H30N2O4S2/c1-3-34-28-17-15-25-10-5-7-12-27(25)33(28)39-30(34)19-13-23(2)14-20-31-35(21-8-22-41(36,37)38)32-26-11-6-4-9-24(26)16-18-29(32)40-31/h4-7,9-20H,3,8,21-22H2,1-2H3/p+1. The maximum absolute atomic E-state index is 11.4. The molecule has 6 nitrogen and oxygen atoms in total. The molecule has 4 aromatic carbocycles. The summed E-state index contributed by atoms with van der Waals surface area (Å²) in [5.41, 5.74) is 3.20. The molecule has 0 saturated carbocycles. The summed E-state index contributed by atoms with van der Waals surface area (Å²) in [5.74, 6) is 1.41. The van der Waals surface area contributed by atoms with Crippen molar-refractivity contribution in [2.75, 3.05) is 17.2 Å². The summed E-state index contributed by atoms with van der Waals surface area (Å²) in [6.45, 7) is 5.43. The highest BCUT2D eigenvalue weighted by Gasteiger charge is 2.26. The number of rotatable bonds is 8. The van der Waals surface area contributed by atoms with E-state index in [1.807, 2.05) is 43.3 Å². The molecule has 6 rings (SSSR count). The molecule has 208 valence electrons. The quantitative estimate of drug-likeness (QED) is 0.116. The lowest BCUT2D eigenvalue weighted by molar-refractivity contribution is -0.667. The van der Waals surface area contributed by atoms with E-state index in [0.717, 1.165) is 66.2 Å². The van der Waals surface area contributed by atoms with Gasteiger partial charge in [-0.2, -0.15) is 13.0 Å². The lowest BCUT2D eigenvalue weighted by atomic mass is 10.1. The lowest BCUT2D eigenvalue weighted by Gasteiger charge is -2.15. The van der Waals surface area contributed by atoms with E-state index in [-0.39, 0.29) is 5.75 Å². The third-order valence-corrected chi connectivity index (χ3v) is 9.23. The van der Waals surface area contributed by atoms with Crippen LogP contribution in [0.1, 0.15) is 25.3 Å². The molecule has 0 amide bonds. The molecule has 0 spiro atoms. The Bertz CT molecular complexity index is 1990. The minimum Gasteiger partial charge on any atom is -0.438 e. The molecule has 5 aromatic rings. The van der Waals surface area contributed by atoms with Gasteiger partial charge in [0.1, 0.15) is 4.70 Å². The second-order valence-corrected chi connectivity index (χ2v) is 12.7. The van der Waals surface area contributed by atoms with Crippen LogP contribution in [-0.2, 0) is 16.7 Å². The van der Waals surface area contributed by atoms with Crippen molar-refractivity contribution in [2.24, 2.45) is 0 Å². The molecule has 0 atom stereocenters. The van der Waals surface area contributed by atoms with E-state index >= 15 is 0 Å². The summed E-state index contributed by atoms with van der Waals surface area (Å²) in [4.78, 5) is 2.18. The second kappa shape index (κ2) is 11.1. The van der Waals surface area contributed by atoms with Crippen LogP contribution in [0.25, 0.3) is 37.8 Å². The zero-order valence-corrected chi connectivity index (χ0v) is 24.6. The van der Waals surface area contributed by atoms with Crippen molar-refractivity contribution in [3.05, 3.63) is 107 Å². The molecule has 0 bridgehead atoms. The number of aromatic nitrogens is 1. The first kappa shape index (κ1) is 27.2. The molecule has 1 N–H and O–H groups in total. The molecule has 0 aliphatic carbocycles. The van der Waals surface area contributed by atoms with E-state index in [2.05, 4.69) is 77.1 Å². The number of allylic oxidation sites excluding steroid dienone is 4. The zero-order valence-electron chi connectivity index (χ0n) is 22.9. The Balaban J connectivity index is 1.32. The first-order valence-electron chi connectivity index (χ1n) is 13.7. The van der Waals surface area contributed by atoms with E-state index in [4.69, 9.17) is 4.74 Å². The van der Waals surface area contributed by atoms with Gasteiger partial charge in [0.15, 0.2) is 12.3 Å². The predicted octanol–water partition coefficient (Wildman–Crippen LogP) is 7.49. The fourth-order valence-electron chi connectivity index (χ4n) is 5.37. The first-order chi connectivity index (χ1) is 19.8. The molecule has 0 saturated heterocycles. The van der Waals surface area contributed by atoms with Crippen molar-refractivity contribution < 1.29 is 22.3 Å². The van der Waals surface area contributed by atoms with Gasteiger partial charge in [0, 0.05) is 24.4 Å². The Morgan fingerprint density at radius 3 is 2.46 bits per heavy atom. The van der Waals surface area contributed by atoms with Crippen LogP contribution in [0.5, 0.6) is 5.75 Å². The van der Waals surface area contributed by atoms with Gasteiger partial charge in [-0.3, -0.25) is 4.55 Å². The normalized spacial score (nSPS) is 15.0. The van der Waals surface area contributed by atoms with E-state index in [9.17, 15) is 13.0 Å². The van der Waals surface area contributed by atoms with E-state index in [1.165, 1.54) is 0 Å². The summed E-state index contributed by atoms with van der Waals surface area (Å²) in [6.07, 6.45) is 8.52. The van der Waals surface area contributed by atoms with Crippen LogP contribution in [0.15, 0.2) is 102 Å². The van der Waals surface area contributed by atoms with Crippen molar-refractivity contribution in [3.63, 3.8) is 0 Å². The molecule has 0 unspecified atom stereocenters. The summed E-state index contributed by atoms with van der Waals surface area (Å²) in [5, 5.41) is 5.51. The molecule has 0 fully saturated rings. The van der Waals surface area contributed by atoms with Crippen molar-refractivity contribution in [1.82, 2.24) is 0 Å². The minimum absolute atomic E-state index is 0.274. The van der Waals surface area contributed by atoms with Crippen molar-refractivity contribution in [3.8, 4) is 5.75 Å². The van der Waals surface area contributed by atoms with Crippen LogP contribution < -0.4 is 14.2 Å². The average Bonchev–Trinajstić information content (AvgIpc) is 3.52. The summed E-state index contributed by atoms with van der Waals surface area (Å²) < 4.78 is 41.8. The van der Waals surface area contributed by atoms with Crippen LogP contribution >= 0.6 is 11.3 Å². The summed E-state index contributed by atoms with van der Waals surface area (Å²) >= 11 is 1.67. The van der Waals surface area contributed by atoms with Crippen molar-refractivity contribution in [1.29, 1.82) is 0 Å². The SMILES string of the molecule is CCN1C(=CC=C(C)C=Cc2sc3ccc4ccccc4c3[n+]2CCCS(=O)(=O)O)Oc2c1ccc1ccccc21. The highest BCUT2D eigenvalue weighted by molar-refractivity contribution is 7.85. The second-order valence-electron chi connectivity index (χ2n) is 10.1. The number of nitrogens with zero attached hydrogens (tertiary/aromatic N) is 2. The minimum atomic E-state index is -4.03. The third-order valence-electron chi connectivity index (χ3n) is 7.31. The molecule has 1 aliphatic heterocycles. The Labute approximate surface area is 243 Å². The first-order valence-corrected chi connectivity index (χ1v) is 16.1. The number of hydrogen-bond donors (Lipinski definition) is 1. The Morgan fingerprint density at radius 2 is 1.71 bits per heavy atom. The number of anilines is 1. The van der Waals surface area contributed by atoms with Crippen molar-refractivity contribution in [2.45, 2.75) is 26.8 Å². The zero-order chi connectivity index (χ0) is 28.6. The molecule has 8 heteroatoms. The molecule has 1 aliphatic rings. The highest BCUT2D eigenvalue weighted by Crippen LogP contribution is 2.44. The Morgan fingerprint density at radius 1 is 1.00 bits per heavy atom. The molecular formula is C33H31N2O4S2+. The van der Waals surface area contributed by atoms with Crippen LogP contribution in [0.2, 0.25) is 0 Å². The maximum Gasteiger partial charge on any atom is 0.265 e. The molecule has 1 aromatic heterocycles. The number of benzene rings is 4. The van der Waals surface area contributed by atoms with Crippen LogP contribution in [0.3, 0.4) is 0 Å². The molecular weight excluding hydrogens is 553 g/mol. The number of fused-ring (bicyclic) bond motifs is 6. The van der Waals surface area contributed by atoms with E-state index < -0.39 is 10.1 Å². The summed E-state index contributed by atoms with van der Waals surface area (Å²) in [6, 6.07) is 24.9. The monoisotopic (exact) mass is 583 g/mol. The fraction of sp³-hybridized carbons (Fsp3) is 0.182. The maximum atomic E-state index is 11.4. The topological polar surface area (TPSA) is 70.7 Å². The van der Waals surface area contributed by atoms with Gasteiger partial charge in [-0.25, -0.2) is 0 Å². The number of thiazole rings is 1. The van der Waals surface area contributed by atoms with Gasteiger partial charge in [-0.15, -0.1) is 0 Å². The molecule has 41 heavy (non-hydrogen) atoms. The highest BCUT2D eigenvalue weighted by atomic mass is 32.2. The Kier molecular flexibility index (Phi) is 7.38. The third kappa shape index (κ3) is 5.51. The average molecular weight is 584 g/mol. The molecule has 0 radical (unpaired) electrons. The number of ether oxygens (including phenoxy) is 1. The van der Waals surface area contributed by atoms with Gasteiger partial charge in [0.2, 0.25) is 11.4 Å². The van der Waals surface area contributed by atoms with Gasteiger partial charge in [-0.1, -0.05) is 83.7 Å². The predicted molar refractivity (Wildman–Crippen MR) is 169 cm³/mol. The summed E-state index contributed by atoms with van der Waals surface area (Å²) in [7, 11) is -4.03. The van der Waals surface area contributed by atoms with E-state index in [0.29, 0.717) is 13.0 Å². The largest absolute Gasteiger partial charge is 0.438 e. The van der Waals surface area contributed by atoms with Crippen LogP contribution in [0, 0.1) is 0 Å². The Hall–Kier alpha value is -3.98. The van der Waals surface area contributed by atoms with Gasteiger partial charge in [0.25, 0.3) is 15.1 Å². The smallest absolute Gasteiger partial charge is 0.265 e. The van der Waals surface area contributed by atoms with Gasteiger partial charge >= 0.3 is 0 Å². The van der Waals surface area contributed by atoms with Gasteiger partial charge < -0.3 is 9.64 Å². The van der Waals surface area contributed by atoms with Crippen LogP contribution in [0.4, 0.5) is 5.69 Å². The van der Waals surface area contributed by atoms with E-state index in [1.54, 1.807) is 11.3 Å². The fourth-order valence-corrected chi connectivity index (χ4v) is 6.97. The molecule has 2 heterocycles.